The lowest BCUT2D eigenvalue weighted by Gasteiger charge is -2.27. The molecule has 8 nitrogen and oxygen atoms in total. The van der Waals surface area contributed by atoms with Crippen LogP contribution in [-0.4, -0.2) is 49.3 Å². The van der Waals surface area contributed by atoms with Gasteiger partial charge in [0.25, 0.3) is 5.56 Å². The molecule has 0 amide bonds. The summed E-state index contributed by atoms with van der Waals surface area (Å²) in [4.78, 5) is 25.1. The molecule has 0 aliphatic carbocycles. The van der Waals surface area contributed by atoms with Crippen molar-refractivity contribution in [2.45, 2.75) is 31.0 Å². The standard InChI is InChI=1S/C10H13IN2O6/c1-10(18)6(15)5(3-14)19-8(10)13-2-4(11)7(16)12-9(13)17/h2,5-6,8,14-15,18H,3H2,1H3,(H,12,16,17). The van der Waals surface area contributed by atoms with Crippen molar-refractivity contribution in [1.82, 2.24) is 9.55 Å². The number of nitrogens with one attached hydrogen (secondary N) is 1. The summed E-state index contributed by atoms with van der Waals surface area (Å²) < 4.78 is 6.51. The van der Waals surface area contributed by atoms with Crippen molar-refractivity contribution >= 4 is 22.6 Å². The fourth-order valence-corrected chi connectivity index (χ4v) is 2.46. The molecule has 0 saturated carbocycles. The molecular formula is C10H13IN2O6. The second-order valence-electron chi connectivity index (χ2n) is 4.52. The number of ether oxygens (including phenoxy) is 1. The molecule has 0 radical (unpaired) electrons. The van der Waals surface area contributed by atoms with Gasteiger partial charge in [0.2, 0.25) is 0 Å². The molecule has 1 aliphatic rings. The van der Waals surface area contributed by atoms with Gasteiger partial charge in [0.1, 0.15) is 17.8 Å². The van der Waals surface area contributed by atoms with Crippen LogP contribution in [0, 0.1) is 3.57 Å². The predicted octanol–water partition coefficient (Wildman–Crippen LogP) is -1.86. The van der Waals surface area contributed by atoms with E-state index in [1.54, 1.807) is 22.6 Å². The number of halogens is 1. The zero-order chi connectivity index (χ0) is 14.4. The van der Waals surface area contributed by atoms with E-state index in [9.17, 15) is 19.8 Å². The van der Waals surface area contributed by atoms with Gasteiger partial charge in [-0.25, -0.2) is 4.79 Å². The van der Waals surface area contributed by atoms with E-state index in [1.165, 1.54) is 13.1 Å². The highest BCUT2D eigenvalue weighted by Crippen LogP contribution is 2.37. The van der Waals surface area contributed by atoms with E-state index in [-0.39, 0.29) is 3.57 Å². The van der Waals surface area contributed by atoms with E-state index in [1.807, 2.05) is 0 Å². The van der Waals surface area contributed by atoms with Crippen LogP contribution in [0.15, 0.2) is 15.8 Å². The summed E-state index contributed by atoms with van der Waals surface area (Å²) in [5, 5.41) is 29.1. The molecule has 106 valence electrons. The van der Waals surface area contributed by atoms with Crippen molar-refractivity contribution in [3.8, 4) is 0 Å². The van der Waals surface area contributed by atoms with Gasteiger partial charge in [-0.15, -0.1) is 0 Å². The molecule has 0 aromatic carbocycles. The first-order chi connectivity index (χ1) is 8.78. The first-order valence-corrected chi connectivity index (χ1v) is 6.54. The van der Waals surface area contributed by atoms with Crippen LogP contribution in [0.3, 0.4) is 0 Å². The molecule has 1 aromatic rings. The predicted molar refractivity (Wildman–Crippen MR) is 71.7 cm³/mol. The molecule has 2 heterocycles. The maximum Gasteiger partial charge on any atom is 0.330 e. The molecule has 4 atom stereocenters. The molecule has 4 unspecified atom stereocenters. The topological polar surface area (TPSA) is 125 Å². The summed E-state index contributed by atoms with van der Waals surface area (Å²) in [6, 6.07) is 0. The van der Waals surface area contributed by atoms with Crippen molar-refractivity contribution in [3.05, 3.63) is 30.6 Å². The molecule has 4 N–H and O–H groups in total. The Balaban J connectivity index is 2.51. The maximum absolute atomic E-state index is 11.7. The Hall–Kier alpha value is -0.750. The highest BCUT2D eigenvalue weighted by molar-refractivity contribution is 14.1. The van der Waals surface area contributed by atoms with Gasteiger partial charge in [-0.05, 0) is 29.5 Å². The van der Waals surface area contributed by atoms with Gasteiger partial charge < -0.3 is 20.1 Å². The number of aliphatic hydroxyl groups excluding tert-OH is 2. The summed E-state index contributed by atoms with van der Waals surface area (Å²) in [5.74, 6) is 0. The smallest absolute Gasteiger partial charge is 0.330 e. The fraction of sp³-hybridized carbons (Fsp3) is 0.600. The molecular weight excluding hydrogens is 371 g/mol. The summed E-state index contributed by atoms with van der Waals surface area (Å²) >= 11 is 1.73. The van der Waals surface area contributed by atoms with Crippen LogP contribution >= 0.6 is 22.6 Å². The van der Waals surface area contributed by atoms with Gasteiger partial charge in [-0.1, -0.05) is 0 Å². The van der Waals surface area contributed by atoms with Gasteiger partial charge >= 0.3 is 5.69 Å². The van der Waals surface area contributed by atoms with Crippen molar-refractivity contribution in [2.75, 3.05) is 6.61 Å². The lowest BCUT2D eigenvalue weighted by molar-refractivity contribution is -0.0988. The lowest BCUT2D eigenvalue weighted by atomic mass is 9.96. The SMILES string of the molecule is CC1(O)C(O)C(CO)OC1n1cc(I)c(=O)[nH]c1=O. The summed E-state index contributed by atoms with van der Waals surface area (Å²) in [6.45, 7) is 0.797. The Morgan fingerprint density at radius 2 is 2.21 bits per heavy atom. The minimum absolute atomic E-state index is 0.235. The number of rotatable bonds is 2. The second kappa shape index (κ2) is 4.98. The minimum Gasteiger partial charge on any atom is -0.394 e. The van der Waals surface area contributed by atoms with Crippen LogP contribution < -0.4 is 11.2 Å². The van der Waals surface area contributed by atoms with Crippen molar-refractivity contribution in [2.24, 2.45) is 0 Å². The second-order valence-corrected chi connectivity index (χ2v) is 5.69. The summed E-state index contributed by atoms with van der Waals surface area (Å²) in [6.07, 6.45) is -2.32. The largest absolute Gasteiger partial charge is 0.394 e. The third-order valence-corrected chi connectivity index (χ3v) is 3.88. The number of hydrogen-bond acceptors (Lipinski definition) is 6. The first kappa shape index (κ1) is 14.7. The van der Waals surface area contributed by atoms with Crippen LogP contribution in [0.1, 0.15) is 13.2 Å². The number of hydrogen-bond donors (Lipinski definition) is 4. The molecule has 1 fully saturated rings. The first-order valence-electron chi connectivity index (χ1n) is 5.46. The molecule has 1 saturated heterocycles. The third-order valence-electron chi connectivity index (χ3n) is 3.11. The van der Waals surface area contributed by atoms with Crippen LogP contribution in [-0.2, 0) is 4.74 Å². The summed E-state index contributed by atoms with van der Waals surface area (Å²) in [7, 11) is 0. The molecule has 0 spiro atoms. The molecule has 2 rings (SSSR count). The summed E-state index contributed by atoms with van der Waals surface area (Å²) in [5.41, 5.74) is -3.07. The van der Waals surface area contributed by atoms with Crippen LogP contribution in [0.5, 0.6) is 0 Å². The number of aromatic nitrogens is 2. The van der Waals surface area contributed by atoms with Crippen LogP contribution in [0.25, 0.3) is 0 Å². The van der Waals surface area contributed by atoms with E-state index in [4.69, 9.17) is 9.84 Å². The number of nitrogens with zero attached hydrogens (tertiary/aromatic N) is 1. The Morgan fingerprint density at radius 3 is 2.74 bits per heavy atom. The van der Waals surface area contributed by atoms with E-state index >= 15 is 0 Å². The normalized spacial score (nSPS) is 34.7. The zero-order valence-electron chi connectivity index (χ0n) is 9.91. The van der Waals surface area contributed by atoms with Crippen molar-refractivity contribution < 1.29 is 20.1 Å². The Morgan fingerprint density at radius 1 is 1.58 bits per heavy atom. The molecule has 19 heavy (non-hydrogen) atoms. The number of aliphatic hydroxyl groups is 3. The van der Waals surface area contributed by atoms with Crippen molar-refractivity contribution in [1.29, 1.82) is 0 Å². The molecule has 0 bridgehead atoms. The minimum atomic E-state index is -1.77. The average molecular weight is 384 g/mol. The van der Waals surface area contributed by atoms with Gasteiger partial charge in [-0.2, -0.15) is 0 Å². The molecule has 1 aromatic heterocycles. The lowest BCUT2D eigenvalue weighted by Crippen LogP contribution is -2.47. The number of aromatic amines is 1. The fourth-order valence-electron chi connectivity index (χ4n) is 2.03. The van der Waals surface area contributed by atoms with Gasteiger partial charge in [0.05, 0.1) is 10.2 Å². The van der Waals surface area contributed by atoms with Crippen molar-refractivity contribution in [3.63, 3.8) is 0 Å². The molecule has 1 aliphatic heterocycles. The van der Waals surface area contributed by atoms with Gasteiger partial charge in [-0.3, -0.25) is 14.3 Å². The third kappa shape index (κ3) is 2.36. The van der Waals surface area contributed by atoms with Crippen LogP contribution in [0.4, 0.5) is 0 Å². The highest BCUT2D eigenvalue weighted by Gasteiger charge is 2.53. The Labute approximate surface area is 120 Å². The van der Waals surface area contributed by atoms with Gasteiger partial charge in [0, 0.05) is 6.20 Å². The van der Waals surface area contributed by atoms with E-state index in [2.05, 4.69) is 4.98 Å². The quantitative estimate of drug-likeness (QED) is 0.444. The van der Waals surface area contributed by atoms with E-state index < -0.39 is 41.9 Å². The average Bonchev–Trinajstić information content (AvgIpc) is 2.56. The van der Waals surface area contributed by atoms with Gasteiger partial charge in [0.15, 0.2) is 6.23 Å². The monoisotopic (exact) mass is 384 g/mol. The Bertz CT molecular complexity index is 594. The highest BCUT2D eigenvalue weighted by atomic mass is 127. The zero-order valence-corrected chi connectivity index (χ0v) is 12.1. The van der Waals surface area contributed by atoms with E-state index in [0.717, 1.165) is 4.57 Å². The van der Waals surface area contributed by atoms with Crippen LogP contribution in [0.2, 0.25) is 0 Å². The number of H-pyrrole nitrogens is 1. The Kier molecular flexibility index (Phi) is 3.84. The molecule has 9 heteroatoms. The maximum atomic E-state index is 11.7. The van der Waals surface area contributed by atoms with E-state index in [0.29, 0.717) is 0 Å².